The summed E-state index contributed by atoms with van der Waals surface area (Å²) in [7, 11) is 0. The Morgan fingerprint density at radius 2 is 1.90 bits per heavy atom. The lowest BCUT2D eigenvalue weighted by molar-refractivity contribution is -0.120. The minimum atomic E-state index is 0.185. The molecule has 108 valence electrons. The van der Waals surface area contributed by atoms with Crippen molar-refractivity contribution in [1.82, 2.24) is 4.90 Å². The molecule has 0 bridgehead atoms. The van der Waals surface area contributed by atoms with Gasteiger partial charge < -0.3 is 4.90 Å². The van der Waals surface area contributed by atoms with Gasteiger partial charge in [-0.3, -0.25) is 9.69 Å². The van der Waals surface area contributed by atoms with Gasteiger partial charge in [0, 0.05) is 42.7 Å². The highest BCUT2D eigenvalue weighted by Crippen LogP contribution is 2.35. The van der Waals surface area contributed by atoms with E-state index in [-0.39, 0.29) is 5.92 Å². The van der Waals surface area contributed by atoms with Gasteiger partial charge in [-0.25, -0.2) is 0 Å². The topological polar surface area (TPSA) is 23.6 Å². The number of benzene rings is 1. The molecule has 3 heterocycles. The van der Waals surface area contributed by atoms with E-state index >= 15 is 0 Å². The molecule has 3 nitrogen and oxygen atoms in total. The third-order valence-corrected chi connectivity index (χ3v) is 5.41. The molecule has 0 saturated carbocycles. The number of para-hydroxylation sites is 1. The van der Waals surface area contributed by atoms with Gasteiger partial charge in [0.25, 0.3) is 0 Å². The van der Waals surface area contributed by atoms with Gasteiger partial charge in [-0.2, -0.15) is 0 Å². The molecule has 21 heavy (non-hydrogen) atoms. The maximum absolute atomic E-state index is 12.6. The van der Waals surface area contributed by atoms with E-state index in [2.05, 4.69) is 22.4 Å². The Hall–Kier alpha value is -1.65. The van der Waals surface area contributed by atoms with Crippen molar-refractivity contribution in [3.8, 4) is 0 Å². The second-order valence-corrected chi connectivity index (χ2v) is 6.96. The summed E-state index contributed by atoms with van der Waals surface area (Å²) >= 11 is 1.80. The summed E-state index contributed by atoms with van der Waals surface area (Å²) in [6, 6.07) is 14.3. The zero-order valence-electron chi connectivity index (χ0n) is 11.8. The molecule has 2 aromatic rings. The Kier molecular flexibility index (Phi) is 3.28. The van der Waals surface area contributed by atoms with E-state index in [1.165, 1.54) is 4.88 Å². The number of carbonyl (C=O) groups excluding carboxylic acids is 1. The number of anilines is 1. The molecule has 0 radical (unpaired) electrons. The van der Waals surface area contributed by atoms with Gasteiger partial charge in [0.15, 0.2) is 0 Å². The summed E-state index contributed by atoms with van der Waals surface area (Å²) in [5.74, 6) is 0.975. The summed E-state index contributed by atoms with van der Waals surface area (Å²) in [6.45, 7) is 3.81. The molecule has 0 N–H and O–H groups in total. The van der Waals surface area contributed by atoms with E-state index in [1.807, 2.05) is 35.2 Å². The first kappa shape index (κ1) is 13.0. The molecule has 0 spiro atoms. The maximum atomic E-state index is 12.6. The molecule has 1 aromatic carbocycles. The van der Waals surface area contributed by atoms with Crippen molar-refractivity contribution in [1.29, 1.82) is 0 Å². The third kappa shape index (κ3) is 2.39. The second-order valence-electron chi connectivity index (χ2n) is 5.92. The number of fused-ring (bicyclic) bond motifs is 1. The normalized spacial score (nSPS) is 25.5. The molecule has 1 amide bonds. The molecular formula is C17H18N2OS. The molecule has 2 fully saturated rings. The Morgan fingerprint density at radius 1 is 1.05 bits per heavy atom. The number of amides is 1. The van der Waals surface area contributed by atoms with Crippen LogP contribution in [0.4, 0.5) is 5.69 Å². The number of thiophene rings is 1. The average molecular weight is 298 g/mol. The molecule has 4 rings (SSSR count). The SMILES string of the molecule is O=C1[C@H]2CN(Cc3cccs3)C[C@H]2CN1c1ccccc1. The Labute approximate surface area is 128 Å². The van der Waals surface area contributed by atoms with Crippen LogP contribution < -0.4 is 4.90 Å². The van der Waals surface area contributed by atoms with Gasteiger partial charge in [-0.15, -0.1) is 11.3 Å². The molecule has 0 unspecified atom stereocenters. The number of carbonyl (C=O) groups is 1. The maximum Gasteiger partial charge on any atom is 0.231 e. The standard InChI is InChI=1S/C17H18N2OS/c20-17-16-12-18(11-15-7-4-8-21-15)9-13(16)10-19(17)14-5-2-1-3-6-14/h1-8,13,16H,9-12H2/t13-,16-/m0/s1. The minimum Gasteiger partial charge on any atom is -0.312 e. The Morgan fingerprint density at radius 3 is 2.62 bits per heavy atom. The summed E-state index contributed by atoms with van der Waals surface area (Å²) in [5, 5.41) is 2.12. The summed E-state index contributed by atoms with van der Waals surface area (Å²) in [5.41, 5.74) is 1.04. The summed E-state index contributed by atoms with van der Waals surface area (Å²) in [6.07, 6.45) is 0. The van der Waals surface area contributed by atoms with E-state index in [1.54, 1.807) is 11.3 Å². The van der Waals surface area contributed by atoms with E-state index < -0.39 is 0 Å². The fourth-order valence-electron chi connectivity index (χ4n) is 3.54. The van der Waals surface area contributed by atoms with E-state index in [0.717, 1.165) is 31.9 Å². The van der Waals surface area contributed by atoms with Gasteiger partial charge in [0.1, 0.15) is 0 Å². The van der Waals surface area contributed by atoms with Gasteiger partial charge in [0.05, 0.1) is 5.92 Å². The zero-order chi connectivity index (χ0) is 14.2. The minimum absolute atomic E-state index is 0.185. The zero-order valence-corrected chi connectivity index (χ0v) is 12.6. The van der Waals surface area contributed by atoms with Crippen molar-refractivity contribution in [2.24, 2.45) is 11.8 Å². The van der Waals surface area contributed by atoms with Crippen LogP contribution in [0.1, 0.15) is 4.88 Å². The predicted octanol–water partition coefficient (Wildman–Crippen LogP) is 2.84. The lowest BCUT2D eigenvalue weighted by Crippen LogP contribution is -2.32. The van der Waals surface area contributed by atoms with Crippen molar-refractivity contribution >= 4 is 22.9 Å². The van der Waals surface area contributed by atoms with Crippen molar-refractivity contribution in [2.45, 2.75) is 6.54 Å². The highest BCUT2D eigenvalue weighted by atomic mass is 32.1. The van der Waals surface area contributed by atoms with Crippen molar-refractivity contribution in [2.75, 3.05) is 24.5 Å². The predicted molar refractivity (Wildman–Crippen MR) is 85.4 cm³/mol. The van der Waals surface area contributed by atoms with Crippen LogP contribution in [0.5, 0.6) is 0 Å². The molecule has 2 aliphatic heterocycles. The van der Waals surface area contributed by atoms with Crippen LogP contribution >= 0.6 is 11.3 Å². The van der Waals surface area contributed by atoms with Crippen LogP contribution in [-0.4, -0.2) is 30.4 Å². The molecule has 0 aliphatic carbocycles. The highest BCUT2D eigenvalue weighted by molar-refractivity contribution is 7.09. The fourth-order valence-corrected chi connectivity index (χ4v) is 4.29. The van der Waals surface area contributed by atoms with Gasteiger partial charge in [-0.1, -0.05) is 24.3 Å². The molecule has 4 heteroatoms. The number of rotatable bonds is 3. The number of nitrogens with zero attached hydrogens (tertiary/aromatic N) is 2. The smallest absolute Gasteiger partial charge is 0.231 e. The number of hydrogen-bond donors (Lipinski definition) is 0. The third-order valence-electron chi connectivity index (χ3n) is 4.54. The molecular weight excluding hydrogens is 280 g/mol. The monoisotopic (exact) mass is 298 g/mol. The van der Waals surface area contributed by atoms with Crippen molar-refractivity contribution in [3.05, 3.63) is 52.7 Å². The van der Waals surface area contributed by atoms with Crippen molar-refractivity contribution in [3.63, 3.8) is 0 Å². The molecule has 1 aromatic heterocycles. The average Bonchev–Trinajstić information content (AvgIpc) is 3.20. The lowest BCUT2D eigenvalue weighted by atomic mass is 10.0. The molecule has 2 atom stereocenters. The summed E-state index contributed by atoms with van der Waals surface area (Å²) < 4.78 is 0. The summed E-state index contributed by atoms with van der Waals surface area (Å²) in [4.78, 5) is 18.4. The van der Waals surface area contributed by atoms with Gasteiger partial charge >= 0.3 is 0 Å². The van der Waals surface area contributed by atoms with Crippen LogP contribution in [-0.2, 0) is 11.3 Å². The van der Waals surface area contributed by atoms with Crippen LogP contribution in [0.3, 0.4) is 0 Å². The molecule has 2 saturated heterocycles. The van der Waals surface area contributed by atoms with Crippen LogP contribution in [0.2, 0.25) is 0 Å². The Balaban J connectivity index is 1.45. The van der Waals surface area contributed by atoms with Gasteiger partial charge in [-0.05, 0) is 23.6 Å². The largest absolute Gasteiger partial charge is 0.312 e. The van der Waals surface area contributed by atoms with E-state index in [0.29, 0.717) is 11.8 Å². The highest BCUT2D eigenvalue weighted by Gasteiger charge is 2.46. The van der Waals surface area contributed by atoms with E-state index in [9.17, 15) is 4.79 Å². The fraction of sp³-hybridized carbons (Fsp3) is 0.353. The lowest BCUT2D eigenvalue weighted by Gasteiger charge is -2.21. The quantitative estimate of drug-likeness (QED) is 0.870. The van der Waals surface area contributed by atoms with Gasteiger partial charge in [0.2, 0.25) is 5.91 Å². The van der Waals surface area contributed by atoms with Crippen molar-refractivity contribution < 1.29 is 4.79 Å². The second kappa shape index (κ2) is 5.28. The molecule has 2 aliphatic rings. The Bertz CT molecular complexity index is 626. The number of hydrogen-bond acceptors (Lipinski definition) is 3. The first-order chi connectivity index (χ1) is 10.3. The first-order valence-electron chi connectivity index (χ1n) is 7.42. The number of likely N-dealkylation sites (tertiary alicyclic amines) is 1. The van der Waals surface area contributed by atoms with E-state index in [4.69, 9.17) is 0 Å². The van der Waals surface area contributed by atoms with Crippen LogP contribution in [0, 0.1) is 11.8 Å². The first-order valence-corrected chi connectivity index (χ1v) is 8.30. The van der Waals surface area contributed by atoms with Crippen LogP contribution in [0.25, 0.3) is 0 Å². The van der Waals surface area contributed by atoms with Crippen LogP contribution in [0.15, 0.2) is 47.8 Å².